The van der Waals surface area contributed by atoms with Gasteiger partial charge >= 0.3 is 0 Å². The molecule has 9 aromatic carbocycles. The second-order valence-electron chi connectivity index (χ2n) is 16.4. The van der Waals surface area contributed by atoms with E-state index >= 15 is 0 Å². The molecule has 0 bridgehead atoms. The van der Waals surface area contributed by atoms with E-state index in [0.717, 1.165) is 11.6 Å². The molecule has 0 fully saturated rings. The number of nitrogens with zero attached hydrogens (tertiary/aromatic N) is 5. The van der Waals surface area contributed by atoms with Crippen LogP contribution in [0.15, 0.2) is 237 Å². The molecule has 5 aromatic heterocycles. The molecule has 0 unspecified atom stereocenters. The normalized spacial score (nSPS) is 11.8. The molecule has 300 valence electrons. The van der Waals surface area contributed by atoms with E-state index in [1.54, 1.807) is 0 Å². The standard InChI is InChI=1S/C30H20N2.C29H19N3/c1-5-16-27-23(12-1)24-13-2-6-17-28(24)31(27)21-10-9-11-22(20-21)32-29-18-7-3-14-25(29)26-15-4-8-19-30(26)32;1-5-14-24-20(10-1)21-11-2-6-15-25(21)31(24)28-18-9-19-29(30-28)32-26-16-7-3-12-22(26)23-13-4-8-17-27(23)32/h1-20H;1-19H. The minimum Gasteiger partial charge on any atom is -0.309 e. The molecule has 0 spiro atoms. The zero-order valence-electron chi connectivity index (χ0n) is 34.8. The summed E-state index contributed by atoms with van der Waals surface area (Å²) in [7, 11) is 0. The highest BCUT2D eigenvalue weighted by Gasteiger charge is 2.17. The average Bonchev–Trinajstić information content (AvgIpc) is 4.10. The van der Waals surface area contributed by atoms with Gasteiger partial charge in [-0.1, -0.05) is 158 Å². The highest BCUT2D eigenvalue weighted by molar-refractivity contribution is 6.12. The largest absolute Gasteiger partial charge is 0.309 e. The number of rotatable bonds is 4. The van der Waals surface area contributed by atoms with Gasteiger partial charge in [-0.15, -0.1) is 0 Å². The third kappa shape index (κ3) is 5.47. The first-order chi connectivity index (χ1) is 31.8. The number of aromatic nitrogens is 5. The maximum absolute atomic E-state index is 5.18. The first-order valence-corrected chi connectivity index (χ1v) is 21.8. The summed E-state index contributed by atoms with van der Waals surface area (Å²) in [5.41, 5.74) is 11.9. The molecule has 5 nitrogen and oxygen atoms in total. The van der Waals surface area contributed by atoms with Crippen LogP contribution in [-0.2, 0) is 0 Å². The second kappa shape index (κ2) is 14.5. The van der Waals surface area contributed by atoms with Crippen molar-refractivity contribution in [3.63, 3.8) is 0 Å². The summed E-state index contributed by atoms with van der Waals surface area (Å²) in [6, 6.07) is 84.0. The third-order valence-electron chi connectivity index (χ3n) is 12.8. The summed E-state index contributed by atoms with van der Waals surface area (Å²) in [4.78, 5) is 5.18. The van der Waals surface area contributed by atoms with Gasteiger partial charge in [-0.2, -0.15) is 0 Å². The van der Waals surface area contributed by atoms with E-state index in [4.69, 9.17) is 4.98 Å². The summed E-state index contributed by atoms with van der Waals surface area (Å²) in [5, 5.41) is 10.1. The van der Waals surface area contributed by atoms with Crippen LogP contribution in [0.25, 0.3) is 110 Å². The Balaban J connectivity index is 0.000000129. The van der Waals surface area contributed by atoms with Crippen LogP contribution >= 0.6 is 0 Å². The van der Waals surface area contributed by atoms with Gasteiger partial charge in [-0.05, 0) is 78.9 Å². The van der Waals surface area contributed by atoms with Gasteiger partial charge in [0.05, 0.1) is 44.1 Å². The fourth-order valence-electron chi connectivity index (χ4n) is 10.2. The number of fused-ring (bicyclic) bond motifs is 12. The number of para-hydroxylation sites is 8. The van der Waals surface area contributed by atoms with Gasteiger partial charge in [0.2, 0.25) is 0 Å². The Morgan fingerprint density at radius 3 is 0.688 bits per heavy atom. The van der Waals surface area contributed by atoms with Crippen molar-refractivity contribution in [2.75, 3.05) is 0 Å². The second-order valence-corrected chi connectivity index (χ2v) is 16.4. The van der Waals surface area contributed by atoms with Crippen molar-refractivity contribution in [3.05, 3.63) is 237 Å². The van der Waals surface area contributed by atoms with Gasteiger partial charge in [-0.25, -0.2) is 4.98 Å². The topological polar surface area (TPSA) is 32.6 Å². The van der Waals surface area contributed by atoms with E-state index < -0.39 is 0 Å². The number of benzene rings is 9. The Morgan fingerprint density at radius 1 is 0.203 bits per heavy atom. The first kappa shape index (κ1) is 36.0. The van der Waals surface area contributed by atoms with Crippen molar-refractivity contribution in [2.24, 2.45) is 0 Å². The van der Waals surface area contributed by atoms with Crippen LogP contribution in [0.4, 0.5) is 0 Å². The van der Waals surface area contributed by atoms with E-state index in [0.29, 0.717) is 0 Å². The fourth-order valence-corrected chi connectivity index (χ4v) is 10.2. The Hall–Kier alpha value is -8.67. The molecule has 0 aliphatic carbocycles. The summed E-state index contributed by atoms with van der Waals surface area (Å²) in [6.07, 6.45) is 0. The zero-order valence-corrected chi connectivity index (χ0v) is 34.8. The van der Waals surface area contributed by atoms with Crippen LogP contribution in [0, 0.1) is 0 Å². The fraction of sp³-hybridized carbons (Fsp3) is 0. The van der Waals surface area contributed by atoms with Crippen molar-refractivity contribution in [3.8, 4) is 23.0 Å². The molecule has 64 heavy (non-hydrogen) atoms. The van der Waals surface area contributed by atoms with Gasteiger partial charge in [-0.3, -0.25) is 9.13 Å². The van der Waals surface area contributed by atoms with Crippen LogP contribution in [0.3, 0.4) is 0 Å². The SMILES string of the molecule is c1cc(-n2c3ccccc3c3ccccc32)cc(-n2c3ccccc3c3ccccc32)c1.c1cc(-n2c3ccccc3c3ccccc32)nc(-n2c3ccccc3c3ccccc32)c1. The molecule has 5 heterocycles. The lowest BCUT2D eigenvalue weighted by Crippen LogP contribution is -2.02. The molecular formula is C59H39N5. The van der Waals surface area contributed by atoms with E-state index in [1.165, 1.54) is 98.6 Å². The minimum absolute atomic E-state index is 0.918. The average molecular weight is 818 g/mol. The lowest BCUT2D eigenvalue weighted by molar-refractivity contribution is 1.01. The van der Waals surface area contributed by atoms with Crippen molar-refractivity contribution in [1.29, 1.82) is 0 Å². The van der Waals surface area contributed by atoms with E-state index in [-0.39, 0.29) is 0 Å². The molecule has 0 saturated carbocycles. The monoisotopic (exact) mass is 817 g/mol. The van der Waals surface area contributed by atoms with Crippen LogP contribution in [-0.4, -0.2) is 23.3 Å². The molecule has 0 amide bonds. The van der Waals surface area contributed by atoms with Gasteiger partial charge in [0.25, 0.3) is 0 Å². The van der Waals surface area contributed by atoms with Crippen LogP contribution in [0.5, 0.6) is 0 Å². The zero-order chi connectivity index (χ0) is 42.1. The Bertz CT molecular complexity index is 3360. The lowest BCUT2D eigenvalue weighted by atomic mass is 10.2. The van der Waals surface area contributed by atoms with Crippen LogP contribution < -0.4 is 0 Å². The minimum atomic E-state index is 0.918. The molecule has 0 atom stereocenters. The van der Waals surface area contributed by atoms with Crippen molar-refractivity contribution in [2.45, 2.75) is 0 Å². The van der Waals surface area contributed by atoms with Crippen LogP contribution in [0.2, 0.25) is 0 Å². The van der Waals surface area contributed by atoms with E-state index in [2.05, 4.69) is 255 Å². The van der Waals surface area contributed by atoms with Gasteiger partial charge in [0, 0.05) is 54.5 Å². The Labute approximate surface area is 368 Å². The predicted octanol–water partition coefficient (Wildman–Crippen LogP) is 15.2. The molecule has 14 aromatic rings. The van der Waals surface area contributed by atoms with Gasteiger partial charge < -0.3 is 9.13 Å². The molecule has 0 N–H and O–H groups in total. The highest BCUT2D eigenvalue weighted by Crippen LogP contribution is 2.37. The number of hydrogen-bond donors (Lipinski definition) is 0. The third-order valence-corrected chi connectivity index (χ3v) is 12.8. The lowest BCUT2D eigenvalue weighted by Gasteiger charge is -2.12. The van der Waals surface area contributed by atoms with E-state index in [9.17, 15) is 0 Å². The Morgan fingerprint density at radius 2 is 0.422 bits per heavy atom. The van der Waals surface area contributed by atoms with E-state index in [1.807, 2.05) is 0 Å². The number of pyridine rings is 1. The van der Waals surface area contributed by atoms with Crippen LogP contribution in [0.1, 0.15) is 0 Å². The predicted molar refractivity (Wildman–Crippen MR) is 268 cm³/mol. The summed E-state index contributed by atoms with van der Waals surface area (Å²) >= 11 is 0. The van der Waals surface area contributed by atoms with Crippen molar-refractivity contribution in [1.82, 2.24) is 23.3 Å². The molecule has 0 radical (unpaired) electrons. The molecule has 0 aliphatic rings. The van der Waals surface area contributed by atoms with Gasteiger partial charge in [0.15, 0.2) is 0 Å². The first-order valence-electron chi connectivity index (χ1n) is 21.8. The molecular weight excluding hydrogens is 779 g/mol. The molecule has 5 heteroatoms. The Kier molecular flexibility index (Phi) is 8.15. The summed E-state index contributed by atoms with van der Waals surface area (Å²) in [5.74, 6) is 1.84. The van der Waals surface area contributed by atoms with Crippen molar-refractivity contribution >= 4 is 87.2 Å². The molecule has 0 aliphatic heterocycles. The highest BCUT2D eigenvalue weighted by atomic mass is 15.1. The van der Waals surface area contributed by atoms with Crippen molar-refractivity contribution < 1.29 is 0 Å². The molecule has 14 rings (SSSR count). The molecule has 0 saturated heterocycles. The maximum atomic E-state index is 5.18. The van der Waals surface area contributed by atoms with Gasteiger partial charge in [0.1, 0.15) is 11.6 Å². The summed E-state index contributed by atoms with van der Waals surface area (Å²) < 4.78 is 9.29. The smallest absolute Gasteiger partial charge is 0.140 e. The number of hydrogen-bond acceptors (Lipinski definition) is 1. The maximum Gasteiger partial charge on any atom is 0.140 e. The summed E-state index contributed by atoms with van der Waals surface area (Å²) in [6.45, 7) is 0. The quantitative estimate of drug-likeness (QED) is 0.174.